The molecule has 2 aromatic rings. The number of piperazine rings is 1. The predicted octanol–water partition coefficient (Wildman–Crippen LogP) is 3.44. The highest BCUT2D eigenvalue weighted by Crippen LogP contribution is 2.27. The van der Waals surface area contributed by atoms with Crippen molar-refractivity contribution < 1.29 is 13.2 Å². The Morgan fingerprint density at radius 1 is 1.14 bits per heavy atom. The molecular formula is C19H24ClN3O3S2. The minimum absolute atomic E-state index is 0.103. The van der Waals surface area contributed by atoms with Gasteiger partial charge in [-0.15, -0.1) is 11.3 Å². The van der Waals surface area contributed by atoms with Crippen LogP contribution in [0.25, 0.3) is 0 Å². The van der Waals surface area contributed by atoms with Crippen LogP contribution in [0.15, 0.2) is 40.6 Å². The SMILES string of the molecule is CCCCNC(=O)c1sccc1S(=O)(=O)N1CCN(c2ccc(Cl)cc2)CC1. The van der Waals surface area contributed by atoms with E-state index in [1.54, 1.807) is 5.38 Å². The number of unbranched alkanes of at least 4 members (excludes halogenated alkanes) is 1. The number of anilines is 1. The van der Waals surface area contributed by atoms with Crippen molar-refractivity contribution in [2.75, 3.05) is 37.6 Å². The number of nitrogens with one attached hydrogen (secondary N) is 1. The summed E-state index contributed by atoms with van der Waals surface area (Å²) in [5.74, 6) is -0.318. The number of nitrogens with zero attached hydrogens (tertiary/aromatic N) is 2. The monoisotopic (exact) mass is 441 g/mol. The number of carbonyl (C=O) groups excluding carboxylic acids is 1. The summed E-state index contributed by atoms with van der Waals surface area (Å²) in [6.07, 6.45) is 1.83. The number of rotatable bonds is 7. The average molecular weight is 442 g/mol. The van der Waals surface area contributed by atoms with Gasteiger partial charge < -0.3 is 10.2 Å². The lowest BCUT2D eigenvalue weighted by molar-refractivity contribution is 0.0954. The lowest BCUT2D eigenvalue weighted by atomic mass is 10.2. The number of benzene rings is 1. The molecule has 0 bridgehead atoms. The van der Waals surface area contributed by atoms with Gasteiger partial charge in [0, 0.05) is 43.4 Å². The number of hydrogen-bond acceptors (Lipinski definition) is 5. The second-order valence-corrected chi connectivity index (χ2v) is 9.85. The topological polar surface area (TPSA) is 69.7 Å². The van der Waals surface area contributed by atoms with Crippen LogP contribution in [0.3, 0.4) is 0 Å². The van der Waals surface area contributed by atoms with E-state index in [0.29, 0.717) is 37.7 Å². The maximum Gasteiger partial charge on any atom is 0.262 e. The summed E-state index contributed by atoms with van der Waals surface area (Å²) in [6.45, 7) is 4.50. The minimum atomic E-state index is -3.70. The van der Waals surface area contributed by atoms with E-state index in [9.17, 15) is 13.2 Å². The van der Waals surface area contributed by atoms with Crippen molar-refractivity contribution in [3.8, 4) is 0 Å². The Morgan fingerprint density at radius 2 is 1.82 bits per heavy atom. The van der Waals surface area contributed by atoms with Gasteiger partial charge in [0.1, 0.15) is 9.77 Å². The van der Waals surface area contributed by atoms with E-state index in [0.717, 1.165) is 29.9 Å². The largest absolute Gasteiger partial charge is 0.369 e. The Kier molecular flexibility index (Phi) is 6.98. The molecule has 1 aliphatic heterocycles. The van der Waals surface area contributed by atoms with Crippen LogP contribution in [0.2, 0.25) is 5.02 Å². The van der Waals surface area contributed by atoms with Gasteiger partial charge in [-0.2, -0.15) is 4.31 Å². The summed E-state index contributed by atoms with van der Waals surface area (Å²) in [5, 5.41) is 5.14. The highest BCUT2D eigenvalue weighted by molar-refractivity contribution is 7.89. The van der Waals surface area contributed by atoms with Gasteiger partial charge in [-0.1, -0.05) is 24.9 Å². The molecule has 1 aromatic carbocycles. The van der Waals surface area contributed by atoms with Gasteiger partial charge in [-0.25, -0.2) is 8.42 Å². The maximum absolute atomic E-state index is 13.1. The number of thiophene rings is 1. The molecule has 0 unspecified atom stereocenters. The molecule has 6 nitrogen and oxygen atoms in total. The van der Waals surface area contributed by atoms with Crippen molar-refractivity contribution in [3.63, 3.8) is 0 Å². The minimum Gasteiger partial charge on any atom is -0.369 e. The van der Waals surface area contributed by atoms with Gasteiger partial charge in [0.15, 0.2) is 0 Å². The third-order valence-electron chi connectivity index (χ3n) is 4.70. The fourth-order valence-electron chi connectivity index (χ4n) is 3.10. The summed E-state index contributed by atoms with van der Waals surface area (Å²) in [7, 11) is -3.70. The number of hydrogen-bond donors (Lipinski definition) is 1. The molecule has 0 atom stereocenters. The van der Waals surface area contributed by atoms with Crippen LogP contribution < -0.4 is 10.2 Å². The van der Waals surface area contributed by atoms with Crippen molar-refractivity contribution in [2.45, 2.75) is 24.7 Å². The first-order valence-electron chi connectivity index (χ1n) is 9.30. The smallest absolute Gasteiger partial charge is 0.262 e. The molecule has 1 N–H and O–H groups in total. The van der Waals surface area contributed by atoms with E-state index in [2.05, 4.69) is 10.2 Å². The van der Waals surface area contributed by atoms with E-state index in [1.165, 1.54) is 10.4 Å². The Balaban J connectivity index is 1.68. The number of amides is 1. The Morgan fingerprint density at radius 3 is 2.46 bits per heavy atom. The van der Waals surface area contributed by atoms with Crippen LogP contribution >= 0.6 is 22.9 Å². The van der Waals surface area contributed by atoms with Crippen LogP contribution in [0.5, 0.6) is 0 Å². The molecule has 1 aromatic heterocycles. The van der Waals surface area contributed by atoms with E-state index >= 15 is 0 Å². The standard InChI is InChI=1S/C19H24ClN3O3S2/c1-2-3-9-21-19(24)18-17(8-14-27-18)28(25,26)23-12-10-22(11-13-23)16-6-4-15(20)5-7-16/h4-8,14H,2-3,9-13H2,1H3,(H,21,24). The molecule has 28 heavy (non-hydrogen) atoms. The molecule has 1 aliphatic rings. The molecule has 2 heterocycles. The molecule has 1 fully saturated rings. The van der Waals surface area contributed by atoms with Crippen molar-refractivity contribution in [1.29, 1.82) is 0 Å². The first-order chi connectivity index (χ1) is 13.4. The fourth-order valence-corrected chi connectivity index (χ4v) is 5.97. The molecule has 3 rings (SSSR count). The first-order valence-corrected chi connectivity index (χ1v) is 12.0. The zero-order valence-corrected chi connectivity index (χ0v) is 18.1. The zero-order chi connectivity index (χ0) is 20.1. The van der Waals surface area contributed by atoms with Crippen molar-refractivity contribution in [3.05, 3.63) is 45.6 Å². The molecule has 0 radical (unpaired) electrons. The van der Waals surface area contributed by atoms with Crippen LogP contribution in [0, 0.1) is 0 Å². The van der Waals surface area contributed by atoms with Gasteiger partial charge in [-0.3, -0.25) is 4.79 Å². The molecule has 152 valence electrons. The third-order valence-corrected chi connectivity index (χ3v) is 7.93. The Bertz CT molecular complexity index is 905. The van der Waals surface area contributed by atoms with E-state index in [4.69, 9.17) is 11.6 Å². The lowest BCUT2D eigenvalue weighted by Gasteiger charge is -2.35. The molecule has 9 heteroatoms. The quantitative estimate of drug-likeness (QED) is 0.668. The van der Waals surface area contributed by atoms with Crippen LogP contribution in [-0.2, 0) is 10.0 Å². The maximum atomic E-state index is 13.1. The number of carbonyl (C=O) groups is 1. The second kappa shape index (κ2) is 9.26. The molecule has 0 saturated carbocycles. The summed E-state index contributed by atoms with van der Waals surface area (Å²) in [4.78, 5) is 14.9. The zero-order valence-electron chi connectivity index (χ0n) is 15.7. The van der Waals surface area contributed by atoms with E-state index < -0.39 is 10.0 Å². The normalized spacial score (nSPS) is 15.6. The Labute approximate surface area is 175 Å². The van der Waals surface area contributed by atoms with Crippen molar-refractivity contribution in [1.82, 2.24) is 9.62 Å². The summed E-state index contributed by atoms with van der Waals surface area (Å²) >= 11 is 7.10. The van der Waals surface area contributed by atoms with Gasteiger partial charge >= 0.3 is 0 Å². The first kappa shape index (κ1) is 21.1. The lowest BCUT2D eigenvalue weighted by Crippen LogP contribution is -2.48. The molecular weight excluding hydrogens is 418 g/mol. The van der Waals surface area contributed by atoms with Gasteiger partial charge in [-0.05, 0) is 42.1 Å². The summed E-state index contributed by atoms with van der Waals surface area (Å²) in [5.41, 5.74) is 1.02. The van der Waals surface area contributed by atoms with E-state index in [-0.39, 0.29) is 15.7 Å². The summed E-state index contributed by atoms with van der Waals surface area (Å²) < 4.78 is 27.7. The highest BCUT2D eigenvalue weighted by Gasteiger charge is 2.32. The number of sulfonamides is 1. The molecule has 1 amide bonds. The predicted molar refractivity (Wildman–Crippen MR) is 114 cm³/mol. The van der Waals surface area contributed by atoms with Crippen LogP contribution in [-0.4, -0.2) is 51.4 Å². The van der Waals surface area contributed by atoms with Gasteiger partial charge in [0.05, 0.1) is 0 Å². The average Bonchev–Trinajstić information content (AvgIpc) is 3.20. The number of halogens is 1. The molecule has 0 aliphatic carbocycles. The Hall–Kier alpha value is -1.61. The fraction of sp³-hybridized carbons (Fsp3) is 0.421. The van der Waals surface area contributed by atoms with E-state index in [1.807, 2.05) is 31.2 Å². The van der Waals surface area contributed by atoms with Crippen molar-refractivity contribution in [2.24, 2.45) is 0 Å². The van der Waals surface area contributed by atoms with Crippen molar-refractivity contribution >= 4 is 44.6 Å². The van der Waals surface area contributed by atoms with Gasteiger partial charge in [0.2, 0.25) is 10.0 Å². The van der Waals surface area contributed by atoms with Crippen LogP contribution in [0.4, 0.5) is 5.69 Å². The van der Waals surface area contributed by atoms with Crippen LogP contribution in [0.1, 0.15) is 29.4 Å². The summed E-state index contributed by atoms with van der Waals surface area (Å²) in [6, 6.07) is 9.05. The molecule has 1 saturated heterocycles. The third kappa shape index (κ3) is 4.68. The second-order valence-electron chi connectivity index (χ2n) is 6.59. The van der Waals surface area contributed by atoms with Gasteiger partial charge in [0.25, 0.3) is 5.91 Å². The molecule has 0 spiro atoms. The highest BCUT2D eigenvalue weighted by atomic mass is 35.5.